The van der Waals surface area contributed by atoms with E-state index < -0.39 is 73.1 Å². The SMILES string of the molecule is C/C=C1/[C@H]2OC=C(C(=O)O)[C@H]1CC(=O)OC[C@@H](c1ccc(O)c(O)c1)OC[C@H]1O[C@@H](O2)[C@H](O)[C@@H](O)[C@@H]1O. The molecule has 0 amide bonds. The first-order chi connectivity index (χ1) is 17.6. The van der Waals surface area contributed by atoms with E-state index in [1.807, 2.05) is 0 Å². The van der Waals surface area contributed by atoms with Gasteiger partial charge in [-0.25, -0.2) is 4.79 Å². The molecule has 3 heterocycles. The van der Waals surface area contributed by atoms with Crippen molar-refractivity contribution in [3.05, 3.63) is 47.2 Å². The Morgan fingerprint density at radius 1 is 1.03 bits per heavy atom. The highest BCUT2D eigenvalue weighted by molar-refractivity contribution is 5.89. The molecule has 4 rings (SSSR count). The zero-order valence-corrected chi connectivity index (χ0v) is 19.7. The molecule has 2 fully saturated rings. The lowest BCUT2D eigenvalue weighted by molar-refractivity contribution is -0.330. The van der Waals surface area contributed by atoms with Crippen LogP contribution in [0.25, 0.3) is 0 Å². The van der Waals surface area contributed by atoms with Crippen LogP contribution < -0.4 is 0 Å². The summed E-state index contributed by atoms with van der Waals surface area (Å²) in [5.74, 6) is -3.94. The molecule has 0 unspecified atom stereocenters. The Kier molecular flexibility index (Phi) is 8.02. The zero-order valence-electron chi connectivity index (χ0n) is 19.7. The molecule has 37 heavy (non-hydrogen) atoms. The lowest BCUT2D eigenvalue weighted by Gasteiger charge is -2.42. The van der Waals surface area contributed by atoms with Gasteiger partial charge in [-0.1, -0.05) is 12.1 Å². The number of hydrogen-bond acceptors (Lipinski definition) is 12. The summed E-state index contributed by atoms with van der Waals surface area (Å²) in [4.78, 5) is 24.6. The van der Waals surface area contributed by atoms with Gasteiger partial charge in [-0.15, -0.1) is 0 Å². The maximum Gasteiger partial charge on any atom is 0.335 e. The molecular weight excluding hydrogens is 496 g/mol. The number of phenolic OH excluding ortho intramolecular Hbond substituents is 2. The number of allylic oxidation sites excluding steroid dienone is 1. The Hall–Kier alpha value is -3.20. The maximum atomic E-state index is 12.8. The standard InChI is InChI=1S/C24H28O13/c1-2-11-12-6-18(27)34-8-16(10-3-4-14(25)15(26)5-10)33-9-17-19(28)20(29)21(30)24(36-17)37-23(11)35-7-13(12)22(31)32/h2-5,7,12,16-17,19-21,23-26,28-30H,6,8-9H2,1H3,(H,31,32)/b11-2+/t12-,16-,17+,19+,20-,21+,23-,24-/m0/s1. The van der Waals surface area contributed by atoms with Crippen LogP contribution >= 0.6 is 0 Å². The first kappa shape index (κ1) is 26.9. The van der Waals surface area contributed by atoms with E-state index in [0.29, 0.717) is 5.56 Å². The van der Waals surface area contributed by atoms with Gasteiger partial charge in [0, 0.05) is 11.5 Å². The van der Waals surface area contributed by atoms with E-state index >= 15 is 0 Å². The van der Waals surface area contributed by atoms with Crippen LogP contribution in [0.15, 0.2) is 41.7 Å². The van der Waals surface area contributed by atoms with Crippen molar-refractivity contribution in [1.82, 2.24) is 0 Å². The lowest BCUT2D eigenvalue weighted by Crippen LogP contribution is -2.60. The molecule has 0 aliphatic carbocycles. The van der Waals surface area contributed by atoms with E-state index in [1.165, 1.54) is 24.3 Å². The summed E-state index contributed by atoms with van der Waals surface area (Å²) in [7, 11) is 0. The number of cyclic esters (lactones) is 1. The maximum absolute atomic E-state index is 12.8. The quantitative estimate of drug-likeness (QED) is 0.169. The topological polar surface area (TPSA) is 202 Å². The molecule has 6 N–H and O–H groups in total. The Labute approximate surface area is 210 Å². The number of benzene rings is 1. The number of fused-ring (bicyclic) bond motifs is 4. The highest BCUT2D eigenvalue weighted by Crippen LogP contribution is 2.37. The van der Waals surface area contributed by atoms with Crippen molar-refractivity contribution in [1.29, 1.82) is 0 Å². The van der Waals surface area contributed by atoms with Crippen LogP contribution in [0, 0.1) is 5.92 Å². The number of esters is 1. The summed E-state index contributed by atoms with van der Waals surface area (Å²) in [6.07, 6.45) is -7.94. The minimum Gasteiger partial charge on any atom is -0.504 e. The molecule has 1 aromatic rings. The van der Waals surface area contributed by atoms with Crippen LogP contribution in [0.3, 0.4) is 0 Å². The molecule has 0 radical (unpaired) electrons. The number of hydrogen-bond donors (Lipinski definition) is 6. The van der Waals surface area contributed by atoms with Crippen molar-refractivity contribution >= 4 is 11.9 Å². The van der Waals surface area contributed by atoms with E-state index in [1.54, 1.807) is 6.92 Å². The van der Waals surface area contributed by atoms with Crippen molar-refractivity contribution < 1.29 is 63.9 Å². The molecule has 202 valence electrons. The predicted octanol–water partition coefficient (Wildman–Crippen LogP) is -0.186. The third-order valence-electron chi connectivity index (χ3n) is 6.47. The largest absolute Gasteiger partial charge is 0.504 e. The van der Waals surface area contributed by atoms with Gasteiger partial charge >= 0.3 is 11.9 Å². The second-order valence-electron chi connectivity index (χ2n) is 8.80. The molecule has 0 spiro atoms. The second-order valence-corrected chi connectivity index (χ2v) is 8.80. The number of aliphatic hydroxyl groups is 3. The molecule has 0 saturated carbocycles. The number of rotatable bonds is 2. The number of carboxylic acid groups (broad SMARTS) is 1. The van der Waals surface area contributed by atoms with Crippen molar-refractivity contribution in [3.8, 4) is 11.5 Å². The molecule has 13 nitrogen and oxygen atoms in total. The lowest BCUT2D eigenvalue weighted by atomic mass is 9.86. The van der Waals surface area contributed by atoms with Gasteiger partial charge in [0.25, 0.3) is 0 Å². The van der Waals surface area contributed by atoms with E-state index in [-0.39, 0.29) is 30.1 Å². The smallest absolute Gasteiger partial charge is 0.335 e. The Morgan fingerprint density at radius 3 is 2.46 bits per heavy atom. The molecule has 1 aromatic carbocycles. The Balaban J connectivity index is 1.70. The highest BCUT2D eigenvalue weighted by atomic mass is 16.8. The summed E-state index contributed by atoms with van der Waals surface area (Å²) < 4.78 is 28.0. The molecule has 2 saturated heterocycles. The average Bonchev–Trinajstić information content (AvgIpc) is 2.86. The summed E-state index contributed by atoms with van der Waals surface area (Å²) >= 11 is 0. The van der Waals surface area contributed by atoms with Gasteiger partial charge in [-0.2, -0.15) is 0 Å². The average molecular weight is 524 g/mol. The highest BCUT2D eigenvalue weighted by Gasteiger charge is 2.47. The zero-order chi connectivity index (χ0) is 26.9. The number of ether oxygens (including phenoxy) is 5. The van der Waals surface area contributed by atoms with Crippen LogP contribution in [0.4, 0.5) is 0 Å². The van der Waals surface area contributed by atoms with Crippen molar-refractivity contribution in [2.24, 2.45) is 5.92 Å². The molecule has 3 aliphatic rings. The molecular formula is C24H28O13. The number of carboxylic acids is 1. The van der Waals surface area contributed by atoms with Gasteiger partial charge < -0.3 is 54.3 Å². The predicted molar refractivity (Wildman–Crippen MR) is 120 cm³/mol. The number of aromatic hydroxyl groups is 2. The number of aliphatic carboxylic acids is 1. The van der Waals surface area contributed by atoms with Gasteiger partial charge in [0.15, 0.2) is 17.8 Å². The van der Waals surface area contributed by atoms with Crippen LogP contribution in [-0.2, 0) is 33.3 Å². The van der Waals surface area contributed by atoms with Crippen molar-refractivity contribution in [3.63, 3.8) is 0 Å². The van der Waals surface area contributed by atoms with E-state index in [2.05, 4.69) is 0 Å². The first-order valence-corrected chi connectivity index (χ1v) is 11.5. The van der Waals surface area contributed by atoms with Crippen LogP contribution in [0.1, 0.15) is 25.0 Å². The van der Waals surface area contributed by atoms with Gasteiger partial charge in [0.1, 0.15) is 37.1 Å². The molecule has 0 aromatic heterocycles. The fourth-order valence-corrected chi connectivity index (χ4v) is 4.39. The Morgan fingerprint density at radius 2 is 1.78 bits per heavy atom. The van der Waals surface area contributed by atoms with Crippen LogP contribution in [-0.4, -0.2) is 92.8 Å². The monoisotopic (exact) mass is 524 g/mol. The third-order valence-corrected chi connectivity index (χ3v) is 6.47. The van der Waals surface area contributed by atoms with Crippen molar-refractivity contribution in [2.75, 3.05) is 13.2 Å². The number of carbonyl (C=O) groups is 2. The summed E-state index contributed by atoms with van der Waals surface area (Å²) in [5.41, 5.74) is 0.324. The molecule has 8 atom stereocenters. The molecule has 3 aliphatic heterocycles. The fourth-order valence-electron chi connectivity index (χ4n) is 4.39. The summed E-state index contributed by atoms with van der Waals surface area (Å²) in [5, 5.41) is 60.6. The summed E-state index contributed by atoms with van der Waals surface area (Å²) in [6.45, 7) is 0.852. The minimum atomic E-state index is -1.70. The van der Waals surface area contributed by atoms with Crippen LogP contribution in [0.5, 0.6) is 11.5 Å². The van der Waals surface area contributed by atoms with Gasteiger partial charge in [-0.05, 0) is 24.6 Å². The first-order valence-electron chi connectivity index (χ1n) is 11.5. The number of phenols is 2. The Bertz CT molecular complexity index is 1080. The molecule has 4 bridgehead atoms. The molecule has 13 heteroatoms. The summed E-state index contributed by atoms with van der Waals surface area (Å²) in [6, 6.07) is 3.83. The number of carbonyl (C=O) groups excluding carboxylic acids is 1. The third kappa shape index (κ3) is 5.56. The number of aliphatic hydroxyl groups excluding tert-OH is 3. The normalized spacial score (nSPS) is 36.1. The fraction of sp³-hybridized carbons (Fsp3) is 0.500. The second kappa shape index (κ2) is 11.0. The van der Waals surface area contributed by atoms with Gasteiger partial charge in [-0.3, -0.25) is 4.79 Å². The minimum absolute atomic E-state index is 0.230. The van der Waals surface area contributed by atoms with E-state index in [4.69, 9.17) is 23.7 Å². The van der Waals surface area contributed by atoms with Crippen molar-refractivity contribution in [2.45, 2.75) is 56.4 Å². The van der Waals surface area contributed by atoms with Gasteiger partial charge in [0.2, 0.25) is 6.29 Å². The van der Waals surface area contributed by atoms with E-state index in [0.717, 1.165) is 6.26 Å². The van der Waals surface area contributed by atoms with Crippen LogP contribution in [0.2, 0.25) is 0 Å². The van der Waals surface area contributed by atoms with Gasteiger partial charge in [0.05, 0.1) is 24.9 Å². The van der Waals surface area contributed by atoms with E-state index in [9.17, 15) is 40.2 Å².